The molecule has 92 valence electrons. The van der Waals surface area contributed by atoms with Gasteiger partial charge in [0, 0.05) is 35.4 Å². The van der Waals surface area contributed by atoms with E-state index >= 15 is 0 Å². The zero-order chi connectivity index (χ0) is 11.8. The lowest BCUT2D eigenvalue weighted by Gasteiger charge is -2.33. The number of hydrogen-bond acceptors (Lipinski definition) is 4. The second-order valence-electron chi connectivity index (χ2n) is 5.02. The zero-order valence-corrected chi connectivity index (χ0v) is 11.4. The Morgan fingerprint density at radius 2 is 2.29 bits per heavy atom. The predicted molar refractivity (Wildman–Crippen MR) is 70.3 cm³/mol. The number of pyridine rings is 1. The second-order valence-corrected chi connectivity index (χ2v) is 5.94. The number of halogens is 1. The quantitative estimate of drug-likeness (QED) is 0.820. The lowest BCUT2D eigenvalue weighted by Crippen LogP contribution is -2.43. The van der Waals surface area contributed by atoms with Crippen LogP contribution in [0.25, 0.3) is 0 Å². The number of fused-ring (bicyclic) bond motifs is 1. The van der Waals surface area contributed by atoms with E-state index in [0.717, 1.165) is 11.0 Å². The average Bonchev–Trinajstić information content (AvgIpc) is 2.71. The van der Waals surface area contributed by atoms with Gasteiger partial charge >= 0.3 is 0 Å². The van der Waals surface area contributed by atoms with Crippen molar-refractivity contribution in [3.8, 4) is 0 Å². The maximum atomic E-state index is 4.26. The van der Waals surface area contributed by atoms with Crippen LogP contribution >= 0.6 is 15.9 Å². The maximum Gasteiger partial charge on any atom is 0.0533 e. The van der Waals surface area contributed by atoms with Gasteiger partial charge in [-0.2, -0.15) is 0 Å². The summed E-state index contributed by atoms with van der Waals surface area (Å²) in [4.78, 5) is 6.67. The van der Waals surface area contributed by atoms with Crippen LogP contribution < -0.4 is 10.9 Å². The van der Waals surface area contributed by atoms with Crippen molar-refractivity contribution in [3.63, 3.8) is 0 Å². The molecule has 1 aromatic rings. The van der Waals surface area contributed by atoms with E-state index in [2.05, 4.69) is 49.8 Å². The van der Waals surface area contributed by atoms with E-state index in [1.807, 2.05) is 12.4 Å². The normalized spacial score (nSPS) is 33.6. The molecule has 3 unspecified atom stereocenters. The van der Waals surface area contributed by atoms with Gasteiger partial charge in [0.05, 0.1) is 6.04 Å². The first kappa shape index (κ1) is 11.6. The van der Waals surface area contributed by atoms with Crippen molar-refractivity contribution in [2.45, 2.75) is 18.5 Å². The van der Waals surface area contributed by atoms with Gasteiger partial charge in [-0.1, -0.05) is 0 Å². The minimum atomic E-state index is 0.368. The molecule has 3 rings (SSSR count). The van der Waals surface area contributed by atoms with Crippen molar-refractivity contribution in [1.29, 1.82) is 0 Å². The van der Waals surface area contributed by atoms with Crippen molar-refractivity contribution in [3.05, 3.63) is 28.5 Å². The molecule has 2 N–H and O–H groups in total. The van der Waals surface area contributed by atoms with E-state index in [0.29, 0.717) is 18.0 Å². The molecule has 5 heteroatoms. The predicted octanol–water partition coefficient (Wildman–Crippen LogP) is 1.31. The molecule has 0 saturated carbocycles. The number of nitrogens with zero attached hydrogens (tertiary/aromatic N) is 2. The molecule has 0 amide bonds. The number of aromatic nitrogens is 1. The highest BCUT2D eigenvalue weighted by atomic mass is 79.9. The van der Waals surface area contributed by atoms with Crippen molar-refractivity contribution in [2.75, 3.05) is 20.1 Å². The maximum absolute atomic E-state index is 4.26. The molecule has 2 aliphatic rings. The van der Waals surface area contributed by atoms with Crippen molar-refractivity contribution >= 4 is 15.9 Å². The fourth-order valence-electron chi connectivity index (χ4n) is 2.90. The number of nitrogens with one attached hydrogen (secondary N) is 2. The largest absolute Gasteiger partial charge is 0.306 e. The lowest BCUT2D eigenvalue weighted by atomic mass is 9.86. The van der Waals surface area contributed by atoms with Gasteiger partial charge in [-0.3, -0.25) is 10.4 Å². The molecule has 0 spiro atoms. The molecular formula is C12H17BrN4. The average molecular weight is 297 g/mol. The Bertz CT molecular complexity index is 411. The number of hydrogen-bond donors (Lipinski definition) is 2. The van der Waals surface area contributed by atoms with Crippen molar-refractivity contribution in [2.24, 2.45) is 5.92 Å². The van der Waals surface area contributed by atoms with Gasteiger partial charge < -0.3 is 4.90 Å². The van der Waals surface area contributed by atoms with Crippen molar-refractivity contribution in [1.82, 2.24) is 20.7 Å². The molecule has 0 bridgehead atoms. The minimum Gasteiger partial charge on any atom is -0.306 e. The molecule has 0 aliphatic carbocycles. The molecule has 2 saturated heterocycles. The van der Waals surface area contributed by atoms with Crippen LogP contribution in [0.2, 0.25) is 0 Å². The Hall–Kier alpha value is -0.490. The molecule has 3 heterocycles. The molecule has 1 aromatic heterocycles. The Morgan fingerprint density at radius 3 is 3.12 bits per heavy atom. The summed E-state index contributed by atoms with van der Waals surface area (Å²) in [6.07, 6.45) is 5.00. The third-order valence-corrected chi connectivity index (χ3v) is 4.23. The first-order chi connectivity index (χ1) is 8.24. The Morgan fingerprint density at radius 1 is 1.41 bits per heavy atom. The van der Waals surface area contributed by atoms with Crippen LogP contribution in [0.15, 0.2) is 22.9 Å². The second kappa shape index (κ2) is 4.65. The molecule has 3 atom stereocenters. The fourth-order valence-corrected chi connectivity index (χ4v) is 3.28. The van der Waals surface area contributed by atoms with Crippen LogP contribution in [0.5, 0.6) is 0 Å². The van der Waals surface area contributed by atoms with Crippen LogP contribution in [-0.4, -0.2) is 36.1 Å². The monoisotopic (exact) mass is 296 g/mol. The summed E-state index contributed by atoms with van der Waals surface area (Å²) in [5.41, 5.74) is 8.11. The van der Waals surface area contributed by atoms with Crippen molar-refractivity contribution < 1.29 is 0 Å². The third-order valence-electron chi connectivity index (χ3n) is 3.80. The van der Waals surface area contributed by atoms with Gasteiger partial charge in [0.2, 0.25) is 0 Å². The van der Waals surface area contributed by atoms with Crippen LogP contribution in [0.1, 0.15) is 18.0 Å². The van der Waals surface area contributed by atoms with E-state index < -0.39 is 0 Å². The number of hydrazine groups is 1. The van der Waals surface area contributed by atoms with Gasteiger partial charge in [0.15, 0.2) is 0 Å². The van der Waals surface area contributed by atoms with Crippen LogP contribution in [-0.2, 0) is 0 Å². The number of piperidine rings is 1. The van der Waals surface area contributed by atoms with Crippen LogP contribution in [0.3, 0.4) is 0 Å². The molecular weight excluding hydrogens is 280 g/mol. The SMILES string of the molecule is CN1CCC2NNC(c3cncc(Br)c3)C2C1. The van der Waals surface area contributed by atoms with Crippen LogP contribution in [0.4, 0.5) is 0 Å². The van der Waals surface area contributed by atoms with Gasteiger partial charge in [-0.05, 0) is 47.6 Å². The van der Waals surface area contributed by atoms with Gasteiger partial charge in [-0.25, -0.2) is 5.43 Å². The summed E-state index contributed by atoms with van der Waals surface area (Å²) in [5.74, 6) is 0.629. The van der Waals surface area contributed by atoms with Gasteiger partial charge in [0.1, 0.15) is 0 Å². The number of likely N-dealkylation sites (tertiary alicyclic amines) is 1. The summed E-state index contributed by atoms with van der Waals surface area (Å²) >= 11 is 3.49. The van der Waals surface area contributed by atoms with Gasteiger partial charge in [0.25, 0.3) is 0 Å². The van der Waals surface area contributed by atoms with Gasteiger partial charge in [-0.15, -0.1) is 0 Å². The van der Waals surface area contributed by atoms with E-state index in [4.69, 9.17) is 0 Å². The van der Waals surface area contributed by atoms with E-state index in [1.165, 1.54) is 18.5 Å². The summed E-state index contributed by atoms with van der Waals surface area (Å²) in [6.45, 7) is 2.32. The molecule has 0 radical (unpaired) electrons. The standard InChI is InChI=1S/C12H17BrN4/c1-17-3-2-11-10(7-17)12(16-15-11)8-4-9(13)6-14-5-8/h4-6,10-12,15-16H,2-3,7H2,1H3. The minimum absolute atomic E-state index is 0.368. The fraction of sp³-hybridized carbons (Fsp3) is 0.583. The van der Waals surface area contributed by atoms with E-state index in [-0.39, 0.29) is 0 Å². The van der Waals surface area contributed by atoms with E-state index in [9.17, 15) is 0 Å². The summed E-state index contributed by atoms with van der Waals surface area (Å²) in [5, 5.41) is 0. The first-order valence-corrected chi connectivity index (χ1v) is 6.83. The number of rotatable bonds is 1. The highest BCUT2D eigenvalue weighted by Crippen LogP contribution is 2.33. The summed E-state index contributed by atoms with van der Waals surface area (Å²) < 4.78 is 1.05. The molecule has 4 nitrogen and oxygen atoms in total. The summed E-state index contributed by atoms with van der Waals surface area (Å²) in [6, 6.07) is 3.12. The van der Waals surface area contributed by atoms with E-state index in [1.54, 1.807) is 0 Å². The third kappa shape index (κ3) is 2.25. The molecule has 2 aliphatic heterocycles. The Kier molecular flexibility index (Phi) is 3.17. The highest BCUT2D eigenvalue weighted by molar-refractivity contribution is 9.10. The first-order valence-electron chi connectivity index (χ1n) is 6.04. The Balaban J connectivity index is 1.84. The summed E-state index contributed by atoms with van der Waals surface area (Å²) in [7, 11) is 2.20. The van der Waals surface area contributed by atoms with Crippen LogP contribution in [0, 0.1) is 5.92 Å². The lowest BCUT2D eigenvalue weighted by molar-refractivity contribution is 0.185. The molecule has 17 heavy (non-hydrogen) atoms. The smallest absolute Gasteiger partial charge is 0.0533 e. The zero-order valence-electron chi connectivity index (χ0n) is 9.86. The Labute approximate surface area is 110 Å². The molecule has 2 fully saturated rings. The highest BCUT2D eigenvalue weighted by Gasteiger charge is 2.39. The topological polar surface area (TPSA) is 40.2 Å². The molecule has 0 aromatic carbocycles.